The highest BCUT2D eigenvalue weighted by Crippen LogP contribution is 2.33. The van der Waals surface area contributed by atoms with Gasteiger partial charge >= 0.3 is 0 Å². The number of anilines is 1. The van der Waals surface area contributed by atoms with Crippen LogP contribution >= 0.6 is 0 Å². The standard InChI is InChI=1S/C28H31FN6O3/c1-19-6-4-5-7-22(19)27(36)32-21-8-9-24(23(29)16-21)38-28-26-20(2)25(17-35(26)31-18-30-28)37-15-14-34-12-10-33(3)11-13-34/h4-9,16-18H,10-15H2,1-3H3,(H,32,36). The summed E-state index contributed by atoms with van der Waals surface area (Å²) in [6, 6.07) is 11.5. The molecular weight excluding hydrogens is 487 g/mol. The van der Waals surface area contributed by atoms with E-state index in [0.717, 1.165) is 43.9 Å². The van der Waals surface area contributed by atoms with Crippen molar-refractivity contribution in [1.29, 1.82) is 0 Å². The van der Waals surface area contributed by atoms with Crippen LogP contribution in [0.5, 0.6) is 17.4 Å². The van der Waals surface area contributed by atoms with Gasteiger partial charge in [-0.25, -0.2) is 8.91 Å². The minimum atomic E-state index is -0.628. The van der Waals surface area contributed by atoms with Gasteiger partial charge in [-0.1, -0.05) is 18.2 Å². The lowest BCUT2D eigenvalue weighted by atomic mass is 10.1. The van der Waals surface area contributed by atoms with Gasteiger partial charge in [-0.05, 0) is 44.7 Å². The van der Waals surface area contributed by atoms with Gasteiger partial charge in [0, 0.05) is 55.6 Å². The van der Waals surface area contributed by atoms with Crippen molar-refractivity contribution < 1.29 is 18.7 Å². The molecule has 1 N–H and O–H groups in total. The number of aromatic nitrogens is 3. The van der Waals surface area contributed by atoms with Crippen molar-refractivity contribution in [1.82, 2.24) is 24.4 Å². The molecule has 1 amide bonds. The Morgan fingerprint density at radius 2 is 1.87 bits per heavy atom. The molecule has 0 aliphatic carbocycles. The highest BCUT2D eigenvalue weighted by atomic mass is 19.1. The van der Waals surface area contributed by atoms with Crippen LogP contribution in [0.1, 0.15) is 21.5 Å². The lowest BCUT2D eigenvalue weighted by Crippen LogP contribution is -2.45. The van der Waals surface area contributed by atoms with E-state index in [9.17, 15) is 9.18 Å². The molecule has 0 atom stereocenters. The molecule has 0 bridgehead atoms. The van der Waals surface area contributed by atoms with E-state index in [0.29, 0.717) is 29.1 Å². The second kappa shape index (κ2) is 11.2. The summed E-state index contributed by atoms with van der Waals surface area (Å²) in [5, 5.41) is 7.00. The monoisotopic (exact) mass is 518 g/mol. The number of likely N-dealkylation sites (N-methyl/N-ethyl adjacent to an activating group) is 1. The lowest BCUT2D eigenvalue weighted by molar-refractivity contribution is 0.102. The maximum absolute atomic E-state index is 15.0. The number of aryl methyl sites for hydroxylation is 2. The van der Waals surface area contributed by atoms with Crippen LogP contribution in [0.2, 0.25) is 0 Å². The van der Waals surface area contributed by atoms with E-state index in [-0.39, 0.29) is 17.5 Å². The Labute approximate surface area is 220 Å². The van der Waals surface area contributed by atoms with Crippen LogP contribution in [0, 0.1) is 19.7 Å². The molecule has 0 saturated carbocycles. The predicted molar refractivity (Wildman–Crippen MR) is 143 cm³/mol. The van der Waals surface area contributed by atoms with Gasteiger partial charge in [0.05, 0.1) is 6.20 Å². The number of nitrogens with zero attached hydrogens (tertiary/aromatic N) is 5. The first-order valence-corrected chi connectivity index (χ1v) is 12.6. The largest absolute Gasteiger partial charge is 0.490 e. The number of nitrogens with one attached hydrogen (secondary N) is 1. The van der Waals surface area contributed by atoms with Crippen molar-refractivity contribution in [3.8, 4) is 17.4 Å². The van der Waals surface area contributed by atoms with Gasteiger partial charge in [0.25, 0.3) is 5.91 Å². The number of fused-ring (bicyclic) bond motifs is 1. The number of benzene rings is 2. The topological polar surface area (TPSA) is 84.2 Å². The maximum atomic E-state index is 15.0. The summed E-state index contributed by atoms with van der Waals surface area (Å²) in [5.41, 5.74) is 3.09. The third-order valence-corrected chi connectivity index (χ3v) is 6.79. The van der Waals surface area contributed by atoms with Crippen molar-refractivity contribution >= 4 is 17.1 Å². The molecule has 5 rings (SSSR count). The van der Waals surface area contributed by atoms with Crippen molar-refractivity contribution in [2.45, 2.75) is 13.8 Å². The van der Waals surface area contributed by atoms with Crippen LogP contribution in [0.4, 0.5) is 10.1 Å². The van der Waals surface area contributed by atoms with Crippen LogP contribution in [0.3, 0.4) is 0 Å². The summed E-state index contributed by atoms with van der Waals surface area (Å²) in [5.74, 6) is -0.0614. The van der Waals surface area contributed by atoms with E-state index in [2.05, 4.69) is 32.2 Å². The van der Waals surface area contributed by atoms with Gasteiger partial charge in [-0.2, -0.15) is 10.1 Å². The minimum Gasteiger partial charge on any atom is -0.490 e. The zero-order valence-corrected chi connectivity index (χ0v) is 21.8. The average molecular weight is 519 g/mol. The quantitative estimate of drug-likeness (QED) is 0.375. The molecule has 10 heteroatoms. The summed E-state index contributed by atoms with van der Waals surface area (Å²) in [4.78, 5) is 21.5. The number of piperazine rings is 1. The molecule has 1 fully saturated rings. The molecule has 0 radical (unpaired) electrons. The summed E-state index contributed by atoms with van der Waals surface area (Å²) in [6.07, 6.45) is 3.13. The summed E-state index contributed by atoms with van der Waals surface area (Å²) in [7, 11) is 2.13. The minimum absolute atomic E-state index is 0.0161. The molecule has 0 spiro atoms. The van der Waals surface area contributed by atoms with Crippen molar-refractivity contribution in [3.63, 3.8) is 0 Å². The van der Waals surface area contributed by atoms with Crippen LogP contribution in [-0.4, -0.2) is 76.7 Å². The fourth-order valence-electron chi connectivity index (χ4n) is 4.47. The number of ether oxygens (including phenoxy) is 2. The smallest absolute Gasteiger partial charge is 0.255 e. The fourth-order valence-corrected chi connectivity index (χ4v) is 4.47. The number of carbonyl (C=O) groups is 1. The number of carbonyl (C=O) groups excluding carboxylic acids is 1. The Morgan fingerprint density at radius 3 is 2.63 bits per heavy atom. The maximum Gasteiger partial charge on any atom is 0.255 e. The van der Waals surface area contributed by atoms with Gasteiger partial charge in [0.2, 0.25) is 5.88 Å². The number of hydrogen-bond donors (Lipinski definition) is 1. The van der Waals surface area contributed by atoms with Gasteiger partial charge in [0.1, 0.15) is 24.2 Å². The molecule has 4 aromatic rings. The third kappa shape index (κ3) is 5.61. The summed E-state index contributed by atoms with van der Waals surface area (Å²) < 4.78 is 28.5. The Balaban J connectivity index is 1.27. The van der Waals surface area contributed by atoms with E-state index < -0.39 is 5.82 Å². The van der Waals surface area contributed by atoms with Crippen LogP contribution in [0.15, 0.2) is 55.0 Å². The predicted octanol–water partition coefficient (Wildman–Crippen LogP) is 4.16. The average Bonchev–Trinajstić information content (AvgIpc) is 3.23. The highest BCUT2D eigenvalue weighted by molar-refractivity contribution is 6.05. The number of hydrogen-bond acceptors (Lipinski definition) is 7. The number of rotatable bonds is 8. The second-order valence-corrected chi connectivity index (χ2v) is 9.49. The zero-order chi connectivity index (χ0) is 26.6. The number of amides is 1. The first kappa shape index (κ1) is 25.6. The van der Waals surface area contributed by atoms with Crippen LogP contribution < -0.4 is 14.8 Å². The van der Waals surface area contributed by atoms with E-state index in [4.69, 9.17) is 9.47 Å². The van der Waals surface area contributed by atoms with E-state index in [1.165, 1.54) is 18.5 Å². The molecule has 1 aliphatic heterocycles. The Morgan fingerprint density at radius 1 is 1.08 bits per heavy atom. The molecule has 9 nitrogen and oxygen atoms in total. The molecule has 0 unspecified atom stereocenters. The van der Waals surface area contributed by atoms with Crippen molar-refractivity contribution in [2.75, 3.05) is 51.7 Å². The number of halogens is 1. The zero-order valence-electron chi connectivity index (χ0n) is 21.8. The normalized spacial score (nSPS) is 14.5. The summed E-state index contributed by atoms with van der Waals surface area (Å²) in [6.45, 7) is 9.31. The Kier molecular flexibility index (Phi) is 7.52. The Bertz CT molecular complexity index is 1450. The Hall–Kier alpha value is -4.02. The molecule has 1 saturated heterocycles. The van der Waals surface area contributed by atoms with E-state index >= 15 is 0 Å². The molecule has 3 heterocycles. The molecule has 198 valence electrons. The van der Waals surface area contributed by atoms with Crippen molar-refractivity contribution in [3.05, 3.63) is 77.5 Å². The molecular formula is C28H31FN6O3. The highest BCUT2D eigenvalue weighted by Gasteiger charge is 2.19. The SMILES string of the molecule is Cc1ccccc1C(=O)Nc1ccc(Oc2ncnn3cc(OCCN4CCN(C)CC4)c(C)c23)c(F)c1. The fraction of sp³-hybridized carbons (Fsp3) is 0.321. The van der Waals surface area contributed by atoms with Crippen LogP contribution in [-0.2, 0) is 0 Å². The molecule has 1 aliphatic rings. The van der Waals surface area contributed by atoms with Gasteiger partial charge in [-0.15, -0.1) is 0 Å². The summed E-state index contributed by atoms with van der Waals surface area (Å²) >= 11 is 0. The van der Waals surface area contributed by atoms with Crippen LogP contribution in [0.25, 0.3) is 5.52 Å². The molecule has 2 aromatic carbocycles. The first-order valence-electron chi connectivity index (χ1n) is 12.6. The molecule has 2 aromatic heterocycles. The molecule has 38 heavy (non-hydrogen) atoms. The van der Waals surface area contributed by atoms with E-state index in [1.54, 1.807) is 28.9 Å². The van der Waals surface area contributed by atoms with E-state index in [1.807, 2.05) is 26.0 Å². The second-order valence-electron chi connectivity index (χ2n) is 9.49. The van der Waals surface area contributed by atoms with Gasteiger partial charge in [-0.3, -0.25) is 9.69 Å². The first-order chi connectivity index (χ1) is 18.4. The van der Waals surface area contributed by atoms with Gasteiger partial charge < -0.3 is 19.7 Å². The third-order valence-electron chi connectivity index (χ3n) is 6.79. The van der Waals surface area contributed by atoms with Crippen molar-refractivity contribution in [2.24, 2.45) is 0 Å². The van der Waals surface area contributed by atoms with Gasteiger partial charge in [0.15, 0.2) is 11.6 Å². The lowest BCUT2D eigenvalue weighted by Gasteiger charge is -2.32.